The molecule has 27 heavy (non-hydrogen) atoms. The van der Waals surface area contributed by atoms with Crippen molar-refractivity contribution in [3.8, 4) is 0 Å². The van der Waals surface area contributed by atoms with E-state index in [1.807, 2.05) is 6.08 Å². The molecule has 0 radical (unpaired) electrons. The van der Waals surface area contributed by atoms with E-state index in [4.69, 9.17) is 14.2 Å². The van der Waals surface area contributed by atoms with Crippen LogP contribution in [0.15, 0.2) is 23.2 Å². The number of carbonyl (C=O) groups is 2. The fraction of sp³-hybridized carbons (Fsp3) is 0.727. The Balaban J connectivity index is 1.92. The van der Waals surface area contributed by atoms with E-state index in [0.29, 0.717) is 18.6 Å². The first-order valence-electron chi connectivity index (χ1n) is 9.93. The first kappa shape index (κ1) is 18.6. The fourth-order valence-electron chi connectivity index (χ4n) is 6.87. The highest BCUT2D eigenvalue weighted by atomic mass is 16.5. The Bertz CT molecular complexity index is 765. The van der Waals surface area contributed by atoms with Gasteiger partial charge in [-0.3, -0.25) is 9.59 Å². The normalized spacial score (nSPS) is 46.1. The van der Waals surface area contributed by atoms with Crippen molar-refractivity contribution in [1.29, 1.82) is 0 Å². The Kier molecular flexibility index (Phi) is 4.03. The number of hydrogen-bond donors (Lipinski definition) is 0. The molecule has 1 saturated carbocycles. The van der Waals surface area contributed by atoms with Crippen LogP contribution in [0.2, 0.25) is 0 Å². The first-order valence-corrected chi connectivity index (χ1v) is 9.93. The van der Waals surface area contributed by atoms with Gasteiger partial charge in [0.2, 0.25) is 5.78 Å². The number of ether oxygens (including phenoxy) is 3. The second-order valence-electron chi connectivity index (χ2n) is 9.22. The zero-order chi connectivity index (χ0) is 19.7. The lowest BCUT2D eigenvalue weighted by atomic mass is 9.40. The lowest BCUT2D eigenvalue weighted by Gasteiger charge is -2.65. The van der Waals surface area contributed by atoms with E-state index >= 15 is 0 Å². The van der Waals surface area contributed by atoms with Gasteiger partial charge in [-0.1, -0.05) is 20.8 Å². The van der Waals surface area contributed by atoms with Crippen molar-refractivity contribution < 1.29 is 23.8 Å². The van der Waals surface area contributed by atoms with Crippen molar-refractivity contribution in [2.24, 2.45) is 34.5 Å². The molecule has 0 spiro atoms. The van der Waals surface area contributed by atoms with Crippen LogP contribution in [0, 0.1) is 34.5 Å². The Labute approximate surface area is 161 Å². The second kappa shape index (κ2) is 5.86. The van der Waals surface area contributed by atoms with Crippen LogP contribution in [0.4, 0.5) is 0 Å². The molecule has 1 heterocycles. The molecular formula is C22H30O5. The summed E-state index contributed by atoms with van der Waals surface area (Å²) in [6.45, 7) is 8.54. The SMILES string of the molecule is COC1=C[C@@H](C)[C@@H]2C[C@H]3OC(=O)C[C@H]4C(C)=C(OC)C[C@H]([C@@]2(C)C1=O)[C@@]34C. The minimum atomic E-state index is -0.558. The molecule has 0 amide bonds. The van der Waals surface area contributed by atoms with Gasteiger partial charge in [-0.15, -0.1) is 0 Å². The maximum Gasteiger partial charge on any atom is 0.306 e. The number of hydrogen-bond acceptors (Lipinski definition) is 5. The monoisotopic (exact) mass is 374 g/mol. The third kappa shape index (κ3) is 2.17. The Morgan fingerprint density at radius 1 is 1.15 bits per heavy atom. The zero-order valence-corrected chi connectivity index (χ0v) is 17.1. The molecule has 0 unspecified atom stereocenters. The van der Waals surface area contributed by atoms with Gasteiger partial charge in [0.25, 0.3) is 0 Å². The van der Waals surface area contributed by atoms with Crippen LogP contribution >= 0.6 is 0 Å². The summed E-state index contributed by atoms with van der Waals surface area (Å²) in [5.41, 5.74) is 0.312. The number of carbonyl (C=O) groups excluding carboxylic acids is 2. The summed E-state index contributed by atoms with van der Waals surface area (Å²) in [4.78, 5) is 26.0. The van der Waals surface area contributed by atoms with Gasteiger partial charge in [-0.2, -0.15) is 0 Å². The molecule has 0 aromatic heterocycles. The minimum absolute atomic E-state index is 0.0410. The number of methoxy groups -OCH3 is 2. The van der Waals surface area contributed by atoms with Crippen molar-refractivity contribution in [1.82, 2.24) is 0 Å². The van der Waals surface area contributed by atoms with Crippen molar-refractivity contribution in [3.63, 3.8) is 0 Å². The van der Waals surface area contributed by atoms with Crippen LogP contribution < -0.4 is 0 Å². The number of rotatable bonds is 2. The van der Waals surface area contributed by atoms with Crippen molar-refractivity contribution in [2.45, 2.75) is 53.1 Å². The molecule has 7 atom stereocenters. The number of esters is 1. The van der Waals surface area contributed by atoms with Crippen LogP contribution in [-0.4, -0.2) is 32.1 Å². The summed E-state index contributed by atoms with van der Waals surface area (Å²) >= 11 is 0. The van der Waals surface area contributed by atoms with E-state index in [9.17, 15) is 9.59 Å². The molecule has 0 aromatic carbocycles. The van der Waals surface area contributed by atoms with E-state index < -0.39 is 5.41 Å². The number of fused-ring (bicyclic) bond motifs is 2. The predicted molar refractivity (Wildman–Crippen MR) is 99.4 cm³/mol. The van der Waals surface area contributed by atoms with Gasteiger partial charge in [-0.05, 0) is 42.7 Å². The van der Waals surface area contributed by atoms with Crippen molar-refractivity contribution >= 4 is 11.8 Å². The van der Waals surface area contributed by atoms with E-state index in [-0.39, 0.29) is 46.9 Å². The molecule has 1 aliphatic heterocycles. The summed E-state index contributed by atoms with van der Waals surface area (Å²) < 4.78 is 17.1. The highest BCUT2D eigenvalue weighted by Gasteiger charge is 2.69. The predicted octanol–water partition coefficient (Wildman–Crippen LogP) is 3.64. The summed E-state index contributed by atoms with van der Waals surface area (Å²) in [5.74, 6) is 1.74. The minimum Gasteiger partial charge on any atom is -0.501 e. The molecule has 0 N–H and O–H groups in total. The number of Topliss-reactive ketones (excluding diaryl/α,β-unsaturated/α-hetero) is 1. The molecule has 148 valence electrons. The van der Waals surface area contributed by atoms with Gasteiger partial charge < -0.3 is 14.2 Å². The zero-order valence-electron chi connectivity index (χ0n) is 17.1. The highest BCUT2D eigenvalue weighted by molar-refractivity contribution is 5.99. The first-order chi connectivity index (χ1) is 12.7. The molecule has 4 aliphatic rings. The summed E-state index contributed by atoms with van der Waals surface area (Å²) in [6, 6.07) is 0. The Morgan fingerprint density at radius 3 is 2.48 bits per heavy atom. The Hall–Kier alpha value is -1.78. The van der Waals surface area contributed by atoms with Crippen molar-refractivity contribution in [3.05, 3.63) is 23.2 Å². The van der Waals surface area contributed by atoms with E-state index in [1.165, 1.54) is 0 Å². The van der Waals surface area contributed by atoms with E-state index in [2.05, 4.69) is 27.7 Å². The second-order valence-corrected chi connectivity index (χ2v) is 9.22. The van der Waals surface area contributed by atoms with E-state index in [1.54, 1.807) is 14.2 Å². The van der Waals surface area contributed by atoms with Gasteiger partial charge in [-0.25, -0.2) is 0 Å². The van der Waals surface area contributed by atoms with Crippen LogP contribution in [0.1, 0.15) is 47.0 Å². The lowest BCUT2D eigenvalue weighted by molar-refractivity contribution is -0.219. The average molecular weight is 374 g/mol. The summed E-state index contributed by atoms with van der Waals surface area (Å²) in [7, 11) is 3.26. The quantitative estimate of drug-likeness (QED) is 0.691. The third-order valence-electron chi connectivity index (χ3n) is 8.38. The standard InChI is InChI=1S/C22H30O5/c1-11-7-16(26-6)20(24)22(4)13(11)8-18-21(3)14(9-19(23)27-18)12(2)15(25-5)10-17(21)22/h7,11,13-14,17-18H,8-10H2,1-6H3/t11-,13+,14+,17+,18-,21+,22+/m1/s1. The molecule has 5 nitrogen and oxygen atoms in total. The van der Waals surface area contributed by atoms with Gasteiger partial charge >= 0.3 is 5.97 Å². The van der Waals surface area contributed by atoms with Gasteiger partial charge in [0, 0.05) is 23.2 Å². The number of allylic oxidation sites excluding steroid dienone is 4. The van der Waals surface area contributed by atoms with Crippen LogP contribution in [0.3, 0.4) is 0 Å². The molecule has 5 heteroatoms. The largest absolute Gasteiger partial charge is 0.501 e. The molecule has 2 fully saturated rings. The topological polar surface area (TPSA) is 61.8 Å². The molecular weight excluding hydrogens is 344 g/mol. The smallest absolute Gasteiger partial charge is 0.306 e. The Morgan fingerprint density at radius 2 is 1.85 bits per heavy atom. The van der Waals surface area contributed by atoms with Crippen molar-refractivity contribution in [2.75, 3.05) is 14.2 Å². The molecule has 1 saturated heterocycles. The van der Waals surface area contributed by atoms with Gasteiger partial charge in [0.05, 0.1) is 26.4 Å². The number of ketones is 1. The maximum atomic E-state index is 13.6. The summed E-state index contributed by atoms with van der Waals surface area (Å²) in [5, 5.41) is 0. The third-order valence-corrected chi connectivity index (χ3v) is 8.38. The average Bonchev–Trinajstić information content (AvgIpc) is 2.63. The van der Waals surface area contributed by atoms with Gasteiger partial charge in [0.1, 0.15) is 6.10 Å². The van der Waals surface area contributed by atoms with Crippen LogP contribution in [-0.2, 0) is 23.8 Å². The molecule has 0 aromatic rings. The van der Waals surface area contributed by atoms with Gasteiger partial charge in [0.15, 0.2) is 5.76 Å². The van der Waals surface area contributed by atoms with E-state index in [0.717, 1.165) is 17.8 Å². The molecule has 4 rings (SSSR count). The summed E-state index contributed by atoms with van der Waals surface area (Å²) in [6.07, 6.45) is 3.57. The highest BCUT2D eigenvalue weighted by Crippen LogP contribution is 2.68. The van der Waals surface area contributed by atoms with Crippen LogP contribution in [0.5, 0.6) is 0 Å². The molecule has 3 aliphatic carbocycles. The fourth-order valence-corrected chi connectivity index (χ4v) is 6.87. The van der Waals surface area contributed by atoms with Crippen LogP contribution in [0.25, 0.3) is 0 Å². The maximum absolute atomic E-state index is 13.6. The lowest BCUT2D eigenvalue weighted by Crippen LogP contribution is -2.66. The molecule has 0 bridgehead atoms.